The van der Waals surface area contributed by atoms with E-state index in [9.17, 15) is 0 Å². The van der Waals surface area contributed by atoms with E-state index in [1.54, 1.807) is 76.5 Å². The van der Waals surface area contributed by atoms with Crippen LogP contribution in [-0.2, 0) is 0 Å². The summed E-state index contributed by atoms with van der Waals surface area (Å²) in [5, 5.41) is 1.48. The van der Waals surface area contributed by atoms with Crippen LogP contribution in [0, 0.1) is 0 Å². The molecule has 0 N–H and O–H groups in total. The Kier molecular flexibility index (Phi) is 20.0. The molecule has 0 radical (unpaired) electrons. The standard InChI is InChI=1S/C39H78P2/c1-7-13-17-21-29-37(30-22-18-14-8-2)33-25-35-40(37)39(27-11-5,28-12-6)41-36-26-34-38(41,31-23-19-15-9-3)32-24-20-16-10-4/h7-36H2,1-6H3. The molecular weight excluding hydrogens is 530 g/mol. The first-order chi connectivity index (χ1) is 20.0. The van der Waals surface area contributed by atoms with Crippen LogP contribution in [0.25, 0.3) is 0 Å². The van der Waals surface area contributed by atoms with Crippen molar-refractivity contribution in [2.45, 2.75) is 237 Å². The van der Waals surface area contributed by atoms with E-state index in [1.807, 2.05) is 0 Å². The third kappa shape index (κ3) is 11.0. The highest BCUT2D eigenvalue weighted by molar-refractivity contribution is 7.79. The van der Waals surface area contributed by atoms with Crippen LogP contribution in [0.15, 0.2) is 0 Å². The molecule has 2 rings (SSSR count). The smallest absolute Gasteiger partial charge is 0.0116 e. The quantitative estimate of drug-likeness (QED) is 0.0677. The lowest BCUT2D eigenvalue weighted by Crippen LogP contribution is -2.40. The molecule has 2 heterocycles. The van der Waals surface area contributed by atoms with Gasteiger partial charge in [-0.25, -0.2) is 0 Å². The molecule has 2 aliphatic rings. The second-order valence-electron chi connectivity index (χ2n) is 14.7. The van der Waals surface area contributed by atoms with Gasteiger partial charge in [-0.15, -0.1) is 0 Å². The molecule has 0 aliphatic carbocycles. The van der Waals surface area contributed by atoms with Gasteiger partial charge in [0.25, 0.3) is 0 Å². The van der Waals surface area contributed by atoms with Crippen LogP contribution in [0.4, 0.5) is 0 Å². The van der Waals surface area contributed by atoms with Crippen molar-refractivity contribution in [3.05, 3.63) is 0 Å². The highest BCUT2D eigenvalue weighted by Gasteiger charge is 2.59. The van der Waals surface area contributed by atoms with E-state index in [0.29, 0.717) is 0 Å². The summed E-state index contributed by atoms with van der Waals surface area (Å²) in [6, 6.07) is 0. The first kappa shape index (κ1) is 38.0. The van der Waals surface area contributed by atoms with Gasteiger partial charge in [-0.2, -0.15) is 0 Å². The van der Waals surface area contributed by atoms with Gasteiger partial charge in [-0.1, -0.05) is 173 Å². The summed E-state index contributed by atoms with van der Waals surface area (Å²) in [7, 11) is 0.244. The van der Waals surface area contributed by atoms with Gasteiger partial charge in [0.05, 0.1) is 0 Å². The van der Waals surface area contributed by atoms with Gasteiger partial charge < -0.3 is 0 Å². The zero-order valence-electron chi connectivity index (χ0n) is 29.6. The third-order valence-electron chi connectivity index (χ3n) is 11.5. The van der Waals surface area contributed by atoms with Crippen LogP contribution in [-0.4, -0.2) is 27.5 Å². The summed E-state index contributed by atoms with van der Waals surface area (Å²) in [4.78, 5) is 0.742. The summed E-state index contributed by atoms with van der Waals surface area (Å²) in [5.74, 6) is 0. The molecule has 2 unspecified atom stereocenters. The van der Waals surface area contributed by atoms with Crippen LogP contribution in [0.5, 0.6) is 0 Å². The van der Waals surface area contributed by atoms with Crippen molar-refractivity contribution in [3.63, 3.8) is 0 Å². The van der Waals surface area contributed by atoms with Crippen LogP contribution < -0.4 is 0 Å². The average molecular weight is 609 g/mol. The van der Waals surface area contributed by atoms with Crippen molar-refractivity contribution in [2.24, 2.45) is 0 Å². The molecule has 2 fully saturated rings. The minimum Gasteiger partial charge on any atom is -0.0895 e. The first-order valence-corrected chi connectivity index (χ1v) is 22.7. The Morgan fingerprint density at radius 3 is 1.00 bits per heavy atom. The van der Waals surface area contributed by atoms with Gasteiger partial charge in [0, 0.05) is 4.90 Å². The largest absolute Gasteiger partial charge is 0.0895 e. The van der Waals surface area contributed by atoms with E-state index >= 15 is 0 Å². The highest BCUT2D eigenvalue weighted by Crippen LogP contribution is 2.85. The molecule has 0 aromatic carbocycles. The molecule has 0 amide bonds. The Labute approximate surface area is 264 Å². The molecule has 2 atom stereocenters. The molecule has 0 spiro atoms. The lowest BCUT2D eigenvalue weighted by molar-refractivity contribution is 0.415. The first-order valence-electron chi connectivity index (χ1n) is 19.6. The minimum absolute atomic E-state index is 0.122. The summed E-state index contributed by atoms with van der Waals surface area (Å²) >= 11 is 0. The van der Waals surface area contributed by atoms with E-state index < -0.39 is 0 Å². The normalized spacial score (nSPS) is 22.1. The van der Waals surface area contributed by atoms with Gasteiger partial charge in [0.2, 0.25) is 0 Å². The fraction of sp³-hybridized carbons (Fsp3) is 1.00. The summed E-state index contributed by atoms with van der Waals surface area (Å²) in [6.07, 6.45) is 45.7. The van der Waals surface area contributed by atoms with Crippen molar-refractivity contribution < 1.29 is 0 Å². The monoisotopic (exact) mass is 609 g/mol. The van der Waals surface area contributed by atoms with E-state index in [4.69, 9.17) is 0 Å². The molecule has 2 saturated heterocycles. The fourth-order valence-electron chi connectivity index (χ4n) is 9.60. The zero-order chi connectivity index (χ0) is 29.9. The molecule has 41 heavy (non-hydrogen) atoms. The molecule has 0 aromatic rings. The summed E-state index contributed by atoms with van der Waals surface area (Å²) < 4.78 is 0. The molecule has 0 bridgehead atoms. The lowest BCUT2D eigenvalue weighted by Gasteiger charge is -2.57. The Morgan fingerprint density at radius 1 is 0.415 bits per heavy atom. The van der Waals surface area contributed by atoms with Crippen LogP contribution >= 0.6 is 15.8 Å². The number of rotatable bonds is 26. The average Bonchev–Trinajstić information content (AvgIpc) is 3.60. The maximum absolute atomic E-state index is 2.58. The summed E-state index contributed by atoms with van der Waals surface area (Å²) in [5.41, 5.74) is 0. The van der Waals surface area contributed by atoms with Crippen LogP contribution in [0.2, 0.25) is 0 Å². The van der Waals surface area contributed by atoms with E-state index in [0.717, 1.165) is 15.2 Å². The number of hydrogen-bond donors (Lipinski definition) is 0. The van der Waals surface area contributed by atoms with Crippen molar-refractivity contribution >= 4 is 15.8 Å². The summed E-state index contributed by atoms with van der Waals surface area (Å²) in [6.45, 7) is 14.8. The molecule has 0 aromatic heterocycles. The maximum Gasteiger partial charge on any atom is 0.0116 e. The molecule has 0 nitrogen and oxygen atoms in total. The van der Waals surface area contributed by atoms with Gasteiger partial charge in [0.15, 0.2) is 0 Å². The van der Waals surface area contributed by atoms with Gasteiger partial charge >= 0.3 is 0 Å². The number of hydrogen-bond acceptors (Lipinski definition) is 0. The Morgan fingerprint density at radius 2 is 0.732 bits per heavy atom. The van der Waals surface area contributed by atoms with Crippen molar-refractivity contribution in [2.75, 3.05) is 12.3 Å². The van der Waals surface area contributed by atoms with Crippen molar-refractivity contribution in [1.29, 1.82) is 0 Å². The molecule has 244 valence electrons. The van der Waals surface area contributed by atoms with Gasteiger partial charge in [-0.3, -0.25) is 0 Å². The third-order valence-corrected chi connectivity index (χ3v) is 21.0. The second-order valence-corrected chi connectivity index (χ2v) is 21.3. The molecule has 0 saturated carbocycles. The van der Waals surface area contributed by atoms with Gasteiger partial charge in [-0.05, 0) is 86.8 Å². The molecule has 2 aliphatic heterocycles. The van der Waals surface area contributed by atoms with E-state index in [1.165, 1.54) is 116 Å². The SMILES string of the molecule is CCCCCCC1(CCCCCC)CCCP1C(CCC)(CCC)P1CCCC1(CCCCCC)CCCCCC. The Balaban J connectivity index is 2.50. The van der Waals surface area contributed by atoms with Crippen LogP contribution in [0.1, 0.15) is 221 Å². The van der Waals surface area contributed by atoms with Crippen molar-refractivity contribution in [3.8, 4) is 0 Å². The van der Waals surface area contributed by atoms with E-state index in [-0.39, 0.29) is 15.8 Å². The second kappa shape index (κ2) is 21.6. The van der Waals surface area contributed by atoms with Crippen molar-refractivity contribution in [1.82, 2.24) is 0 Å². The van der Waals surface area contributed by atoms with Gasteiger partial charge in [0.1, 0.15) is 0 Å². The molecule has 2 heteroatoms. The Bertz CT molecular complexity index is 549. The fourth-order valence-corrected chi connectivity index (χ4v) is 21.7. The predicted molar refractivity (Wildman–Crippen MR) is 195 cm³/mol. The zero-order valence-corrected chi connectivity index (χ0v) is 31.4. The van der Waals surface area contributed by atoms with Crippen LogP contribution in [0.3, 0.4) is 0 Å². The molecular formula is C39H78P2. The Hall–Kier alpha value is 0.860. The minimum atomic E-state index is 0.122. The number of unbranched alkanes of at least 4 members (excludes halogenated alkanes) is 12. The topological polar surface area (TPSA) is 0 Å². The highest BCUT2D eigenvalue weighted by atomic mass is 31.2. The maximum atomic E-state index is 2.58. The predicted octanol–water partition coefficient (Wildman–Crippen LogP) is 15.2. The van der Waals surface area contributed by atoms with E-state index in [2.05, 4.69) is 41.5 Å². The lowest BCUT2D eigenvalue weighted by atomic mass is 9.90.